The van der Waals surface area contributed by atoms with Crippen molar-refractivity contribution in [2.75, 3.05) is 6.61 Å². The van der Waals surface area contributed by atoms with E-state index in [0.717, 1.165) is 33.3 Å². The molecular weight excluding hydrogens is 500 g/mol. The van der Waals surface area contributed by atoms with Crippen molar-refractivity contribution in [3.63, 3.8) is 0 Å². The lowest BCUT2D eigenvalue weighted by Gasteiger charge is -2.18. The molecule has 0 saturated heterocycles. The van der Waals surface area contributed by atoms with E-state index in [-0.39, 0.29) is 31.1 Å². The van der Waals surface area contributed by atoms with E-state index in [1.807, 2.05) is 115 Å². The van der Waals surface area contributed by atoms with Crippen LogP contribution in [0, 0.1) is 0 Å². The average Bonchev–Trinajstić information content (AvgIpc) is 3.41. The molecule has 202 valence electrons. The summed E-state index contributed by atoms with van der Waals surface area (Å²) in [5, 5.41) is 4.03. The van der Waals surface area contributed by atoms with Gasteiger partial charge in [0.2, 0.25) is 5.91 Å². The number of H-pyrrole nitrogens is 1. The van der Waals surface area contributed by atoms with Crippen LogP contribution in [-0.4, -0.2) is 29.3 Å². The summed E-state index contributed by atoms with van der Waals surface area (Å²) in [6.07, 6.45) is 2.96. The molecule has 6 heteroatoms. The van der Waals surface area contributed by atoms with E-state index in [1.165, 1.54) is 0 Å². The lowest BCUT2D eigenvalue weighted by molar-refractivity contribution is -0.129. The van der Waals surface area contributed by atoms with Gasteiger partial charge in [-0.1, -0.05) is 78.9 Å². The average molecular weight is 533 g/mol. The molecule has 40 heavy (non-hydrogen) atoms. The minimum atomic E-state index is -0.751. The quantitative estimate of drug-likeness (QED) is 0.184. The van der Waals surface area contributed by atoms with Gasteiger partial charge in [-0.15, -0.1) is 0 Å². The number of fused-ring (bicyclic) bond motifs is 1. The molecule has 4 aromatic carbocycles. The Balaban J connectivity index is 1.20. The van der Waals surface area contributed by atoms with Crippen LogP contribution in [0.1, 0.15) is 23.1 Å². The number of amides is 1. The van der Waals surface area contributed by atoms with Gasteiger partial charge in [0.15, 0.2) is 5.78 Å². The second-order valence-corrected chi connectivity index (χ2v) is 9.68. The molecule has 5 rings (SSSR count). The summed E-state index contributed by atoms with van der Waals surface area (Å²) in [7, 11) is 0. The van der Waals surface area contributed by atoms with Gasteiger partial charge in [0.1, 0.15) is 17.5 Å². The van der Waals surface area contributed by atoms with Crippen LogP contribution in [0.5, 0.6) is 11.5 Å². The molecule has 0 radical (unpaired) electrons. The molecule has 1 atom stereocenters. The van der Waals surface area contributed by atoms with E-state index in [1.54, 1.807) is 0 Å². The van der Waals surface area contributed by atoms with Gasteiger partial charge >= 0.3 is 0 Å². The topological polar surface area (TPSA) is 80.4 Å². The Bertz CT molecular complexity index is 1530. The summed E-state index contributed by atoms with van der Waals surface area (Å²) in [6.45, 7) is 0.461. The van der Waals surface area contributed by atoms with E-state index < -0.39 is 6.04 Å². The standard InChI is InChI=1S/C34H32N2O4/c37-33(21-25-15-18-29(19-16-25)40-28-11-5-2-6-12-28)32(24-39-23-26-9-3-1-4-10-26)36-34(38)20-17-27-22-35-31-14-8-7-13-30(27)31/h1-16,18-19,22,32,35H,17,20-21,23-24H2,(H,36,38). The van der Waals surface area contributed by atoms with Gasteiger partial charge in [0.05, 0.1) is 13.2 Å². The Morgan fingerprint density at radius 2 is 1.43 bits per heavy atom. The minimum Gasteiger partial charge on any atom is -0.457 e. The number of benzene rings is 4. The summed E-state index contributed by atoms with van der Waals surface area (Å²) >= 11 is 0. The molecule has 0 aliphatic rings. The first kappa shape index (κ1) is 26.9. The molecule has 6 nitrogen and oxygen atoms in total. The first-order valence-electron chi connectivity index (χ1n) is 13.4. The van der Waals surface area contributed by atoms with Crippen LogP contribution in [0.3, 0.4) is 0 Å². The monoisotopic (exact) mass is 532 g/mol. The third-order valence-corrected chi connectivity index (χ3v) is 6.70. The molecule has 1 aromatic heterocycles. The van der Waals surface area contributed by atoms with Crippen molar-refractivity contribution < 1.29 is 19.1 Å². The van der Waals surface area contributed by atoms with Crippen molar-refractivity contribution >= 4 is 22.6 Å². The molecule has 1 heterocycles. The van der Waals surface area contributed by atoms with Crippen LogP contribution in [0.2, 0.25) is 0 Å². The number of hydrogen-bond acceptors (Lipinski definition) is 4. The fourth-order valence-corrected chi connectivity index (χ4v) is 4.56. The number of para-hydroxylation sites is 2. The number of ketones is 1. The molecule has 1 amide bonds. The van der Waals surface area contributed by atoms with Gasteiger partial charge in [-0.05, 0) is 53.4 Å². The van der Waals surface area contributed by atoms with Crippen LogP contribution in [0.4, 0.5) is 0 Å². The van der Waals surface area contributed by atoms with Crippen LogP contribution >= 0.6 is 0 Å². The molecular formula is C34H32N2O4. The van der Waals surface area contributed by atoms with Gasteiger partial charge in [-0.3, -0.25) is 9.59 Å². The first-order chi connectivity index (χ1) is 19.6. The number of aromatic nitrogens is 1. The van der Waals surface area contributed by atoms with Crippen LogP contribution in [-0.2, 0) is 33.8 Å². The molecule has 0 saturated carbocycles. The second kappa shape index (κ2) is 13.4. The summed E-state index contributed by atoms with van der Waals surface area (Å²) in [4.78, 5) is 29.5. The summed E-state index contributed by atoms with van der Waals surface area (Å²) in [5.74, 6) is 1.15. The van der Waals surface area contributed by atoms with Crippen molar-refractivity contribution in [3.05, 3.63) is 132 Å². The zero-order valence-corrected chi connectivity index (χ0v) is 22.2. The highest BCUT2D eigenvalue weighted by atomic mass is 16.5. The number of aromatic amines is 1. The van der Waals surface area contributed by atoms with Gasteiger partial charge < -0.3 is 19.8 Å². The predicted octanol–water partition coefficient (Wildman–Crippen LogP) is 6.41. The number of hydrogen-bond donors (Lipinski definition) is 2. The maximum absolute atomic E-state index is 13.3. The number of ether oxygens (including phenoxy) is 2. The molecule has 0 spiro atoms. The number of carbonyl (C=O) groups is 2. The lowest BCUT2D eigenvalue weighted by atomic mass is 10.0. The number of carbonyl (C=O) groups excluding carboxylic acids is 2. The third-order valence-electron chi connectivity index (χ3n) is 6.70. The summed E-state index contributed by atoms with van der Waals surface area (Å²) in [5.41, 5.74) is 3.96. The van der Waals surface area contributed by atoms with Crippen molar-refractivity contribution in [2.24, 2.45) is 0 Å². The molecule has 1 unspecified atom stereocenters. The molecule has 0 fully saturated rings. The van der Waals surface area contributed by atoms with E-state index in [0.29, 0.717) is 18.8 Å². The van der Waals surface area contributed by atoms with Gasteiger partial charge in [-0.25, -0.2) is 0 Å². The number of aryl methyl sites for hydroxylation is 1. The fourth-order valence-electron chi connectivity index (χ4n) is 4.56. The normalized spacial score (nSPS) is 11.7. The van der Waals surface area contributed by atoms with Crippen LogP contribution in [0.15, 0.2) is 115 Å². The van der Waals surface area contributed by atoms with E-state index in [9.17, 15) is 9.59 Å². The predicted molar refractivity (Wildman–Crippen MR) is 156 cm³/mol. The molecule has 2 N–H and O–H groups in total. The van der Waals surface area contributed by atoms with E-state index in [4.69, 9.17) is 9.47 Å². The van der Waals surface area contributed by atoms with Crippen molar-refractivity contribution in [1.29, 1.82) is 0 Å². The smallest absolute Gasteiger partial charge is 0.220 e. The van der Waals surface area contributed by atoms with Gasteiger partial charge in [0.25, 0.3) is 0 Å². The van der Waals surface area contributed by atoms with E-state index >= 15 is 0 Å². The second-order valence-electron chi connectivity index (χ2n) is 9.68. The van der Waals surface area contributed by atoms with Gasteiger partial charge in [0, 0.05) is 29.9 Å². The Morgan fingerprint density at radius 3 is 2.20 bits per heavy atom. The van der Waals surface area contributed by atoms with Crippen molar-refractivity contribution in [2.45, 2.75) is 31.9 Å². The Kier molecular flexibility index (Phi) is 9.02. The van der Waals surface area contributed by atoms with Gasteiger partial charge in [-0.2, -0.15) is 0 Å². The maximum Gasteiger partial charge on any atom is 0.220 e. The van der Waals surface area contributed by atoms with Crippen LogP contribution < -0.4 is 10.1 Å². The summed E-state index contributed by atoms with van der Waals surface area (Å²) < 4.78 is 11.7. The lowest BCUT2D eigenvalue weighted by Crippen LogP contribution is -2.44. The Hall–Kier alpha value is -4.68. The third kappa shape index (κ3) is 7.46. The first-order valence-corrected chi connectivity index (χ1v) is 13.4. The molecule has 0 aliphatic heterocycles. The highest BCUT2D eigenvalue weighted by Crippen LogP contribution is 2.22. The number of rotatable bonds is 13. The summed E-state index contributed by atoms with van der Waals surface area (Å²) in [6, 6.07) is 34.0. The molecule has 0 bridgehead atoms. The fraction of sp³-hybridized carbons (Fsp3) is 0.176. The SMILES string of the molecule is O=C(CCc1c[nH]c2ccccc12)NC(COCc1ccccc1)C(=O)Cc1ccc(Oc2ccccc2)cc1. The Labute approximate surface area is 234 Å². The number of nitrogens with one attached hydrogen (secondary N) is 2. The van der Waals surface area contributed by atoms with E-state index in [2.05, 4.69) is 10.3 Å². The molecule has 5 aromatic rings. The maximum atomic E-state index is 13.3. The zero-order valence-electron chi connectivity index (χ0n) is 22.2. The van der Waals surface area contributed by atoms with Crippen molar-refractivity contribution in [1.82, 2.24) is 10.3 Å². The Morgan fingerprint density at radius 1 is 0.750 bits per heavy atom. The highest BCUT2D eigenvalue weighted by molar-refractivity contribution is 5.91. The number of Topliss-reactive ketones (excluding diaryl/α,β-unsaturated/α-hetero) is 1. The highest BCUT2D eigenvalue weighted by Gasteiger charge is 2.22. The largest absolute Gasteiger partial charge is 0.457 e. The minimum absolute atomic E-state index is 0.0990. The molecule has 0 aliphatic carbocycles. The van der Waals surface area contributed by atoms with Crippen molar-refractivity contribution in [3.8, 4) is 11.5 Å². The zero-order chi connectivity index (χ0) is 27.6. The van der Waals surface area contributed by atoms with Crippen LogP contribution in [0.25, 0.3) is 10.9 Å².